The fourth-order valence-corrected chi connectivity index (χ4v) is 5.63. The Hall–Kier alpha value is -3.87. The van der Waals surface area contributed by atoms with E-state index in [1.807, 2.05) is 18.2 Å². The molecule has 3 heterocycles. The number of ether oxygens (including phenoxy) is 3. The van der Waals surface area contributed by atoms with E-state index in [0.29, 0.717) is 25.3 Å². The third-order valence-electron chi connectivity index (χ3n) is 7.57. The largest absolute Gasteiger partial charge is 0.483 e. The number of aromatic nitrogens is 1. The van der Waals surface area contributed by atoms with E-state index < -0.39 is 6.10 Å². The minimum atomic E-state index is -0.471. The summed E-state index contributed by atoms with van der Waals surface area (Å²) >= 11 is 0. The Labute approximate surface area is 222 Å². The Balaban J connectivity index is 1.59. The minimum Gasteiger partial charge on any atom is -0.483 e. The highest BCUT2D eigenvalue weighted by molar-refractivity contribution is 6.10. The van der Waals surface area contributed by atoms with Crippen LogP contribution in [0.5, 0.6) is 5.75 Å². The maximum absolute atomic E-state index is 13.6. The van der Waals surface area contributed by atoms with Gasteiger partial charge in [-0.3, -0.25) is 4.90 Å². The lowest BCUT2D eigenvalue weighted by atomic mass is 9.85. The van der Waals surface area contributed by atoms with Gasteiger partial charge in [0, 0.05) is 52.9 Å². The summed E-state index contributed by atoms with van der Waals surface area (Å²) < 4.78 is 17.6. The van der Waals surface area contributed by atoms with Crippen LogP contribution in [0.15, 0.2) is 72.3 Å². The van der Waals surface area contributed by atoms with E-state index in [1.54, 1.807) is 0 Å². The molecule has 6 rings (SSSR count). The van der Waals surface area contributed by atoms with Crippen LogP contribution in [0.4, 0.5) is 0 Å². The van der Waals surface area contributed by atoms with E-state index in [1.165, 1.54) is 12.7 Å². The van der Waals surface area contributed by atoms with Crippen LogP contribution in [-0.2, 0) is 14.3 Å². The summed E-state index contributed by atoms with van der Waals surface area (Å²) in [7, 11) is 1.44. The number of morpholine rings is 1. The summed E-state index contributed by atoms with van der Waals surface area (Å²) in [6.45, 7) is 7.68. The van der Waals surface area contributed by atoms with Gasteiger partial charge >= 0.3 is 5.97 Å². The molecule has 0 aliphatic carbocycles. The molecule has 1 aromatic heterocycles. The first-order valence-electron chi connectivity index (χ1n) is 13.1. The van der Waals surface area contributed by atoms with Crippen LogP contribution in [0.2, 0.25) is 0 Å². The number of hydrogen-bond donors (Lipinski definition) is 1. The van der Waals surface area contributed by atoms with Gasteiger partial charge in [0.15, 0.2) is 0 Å². The molecule has 1 fully saturated rings. The van der Waals surface area contributed by atoms with E-state index in [2.05, 4.69) is 72.3 Å². The number of methoxy groups -OCH3 is 1. The third-order valence-corrected chi connectivity index (χ3v) is 7.57. The maximum Gasteiger partial charge on any atom is 0.338 e. The number of para-hydroxylation sites is 1. The smallest absolute Gasteiger partial charge is 0.338 e. The van der Waals surface area contributed by atoms with Crippen LogP contribution in [-0.4, -0.2) is 61.9 Å². The number of nitrogens with one attached hydrogen (secondary N) is 1. The van der Waals surface area contributed by atoms with Crippen molar-refractivity contribution in [2.75, 3.05) is 40.0 Å². The van der Waals surface area contributed by atoms with Crippen molar-refractivity contribution in [1.29, 1.82) is 0 Å². The quantitative estimate of drug-likeness (QED) is 0.360. The molecule has 1 atom stereocenters. The summed E-state index contributed by atoms with van der Waals surface area (Å²) in [6, 6.07) is 23.0. The predicted octanol–water partition coefficient (Wildman–Crippen LogP) is 5.52. The number of hydrogen-bond acceptors (Lipinski definition) is 5. The monoisotopic (exact) mass is 508 g/mol. The average molecular weight is 509 g/mol. The Morgan fingerprint density at radius 1 is 1.00 bits per heavy atom. The molecule has 0 amide bonds. The van der Waals surface area contributed by atoms with Crippen LogP contribution in [0.25, 0.3) is 27.6 Å². The molecule has 0 radical (unpaired) electrons. The maximum atomic E-state index is 13.6. The molecule has 6 heteroatoms. The Morgan fingerprint density at radius 2 is 1.74 bits per heavy atom. The molecule has 0 spiro atoms. The van der Waals surface area contributed by atoms with Gasteiger partial charge in [-0.25, -0.2) is 4.79 Å². The van der Waals surface area contributed by atoms with E-state index in [-0.39, 0.29) is 5.97 Å². The number of nitrogens with zero attached hydrogens (tertiary/aromatic N) is 1. The Kier molecular flexibility index (Phi) is 6.52. The molecule has 2 aliphatic heterocycles. The number of rotatable bonds is 5. The van der Waals surface area contributed by atoms with Gasteiger partial charge in [0.25, 0.3) is 0 Å². The average Bonchev–Trinajstić information content (AvgIpc) is 3.28. The van der Waals surface area contributed by atoms with Crippen molar-refractivity contribution in [3.8, 4) is 16.9 Å². The third kappa shape index (κ3) is 4.40. The molecule has 4 aromatic rings. The number of H-pyrrole nitrogens is 1. The first-order chi connectivity index (χ1) is 18.5. The summed E-state index contributed by atoms with van der Waals surface area (Å²) in [5.41, 5.74) is 8.77. The summed E-state index contributed by atoms with van der Waals surface area (Å²) in [5.74, 6) is 0.404. The van der Waals surface area contributed by atoms with Crippen molar-refractivity contribution in [2.24, 2.45) is 0 Å². The lowest BCUT2D eigenvalue weighted by molar-refractivity contribution is -0.137. The SMILES string of the molecule is COC(=O)C1=C(c2c(C)[nH]c3ccccc23)c2cc(-c3ccc(C)cc3)ccc2OC1CN1CCOCC1. The molecule has 0 saturated carbocycles. The van der Waals surface area contributed by atoms with Crippen molar-refractivity contribution < 1.29 is 19.0 Å². The second-order valence-corrected chi connectivity index (χ2v) is 10.0. The van der Waals surface area contributed by atoms with Gasteiger partial charge in [0.1, 0.15) is 11.9 Å². The molecule has 194 valence electrons. The molecule has 38 heavy (non-hydrogen) atoms. The fourth-order valence-electron chi connectivity index (χ4n) is 5.63. The summed E-state index contributed by atoms with van der Waals surface area (Å²) in [6.07, 6.45) is -0.471. The van der Waals surface area contributed by atoms with Crippen molar-refractivity contribution in [3.05, 3.63) is 94.7 Å². The van der Waals surface area contributed by atoms with Crippen molar-refractivity contribution in [1.82, 2.24) is 9.88 Å². The first kappa shape index (κ1) is 24.5. The molecular weight excluding hydrogens is 476 g/mol. The van der Waals surface area contributed by atoms with Gasteiger partial charge in [0.2, 0.25) is 0 Å². The van der Waals surface area contributed by atoms with Crippen LogP contribution >= 0.6 is 0 Å². The molecule has 2 aliphatic rings. The second kappa shape index (κ2) is 10.1. The number of carbonyl (C=O) groups is 1. The fraction of sp³-hybridized carbons (Fsp3) is 0.281. The first-order valence-corrected chi connectivity index (χ1v) is 13.1. The van der Waals surface area contributed by atoms with Crippen LogP contribution in [0.3, 0.4) is 0 Å². The number of fused-ring (bicyclic) bond motifs is 2. The standard InChI is InChI=1S/C32H32N2O4/c1-20-8-10-22(11-9-20)23-12-13-27-25(18-23)30(29-21(2)33-26-7-5-4-6-24(26)29)31(32(35)36-3)28(38-27)19-34-14-16-37-17-15-34/h4-13,18,28,33H,14-17,19H2,1-3H3. The second-order valence-electron chi connectivity index (χ2n) is 10.0. The van der Waals surface area contributed by atoms with Crippen LogP contribution < -0.4 is 4.74 Å². The predicted molar refractivity (Wildman–Crippen MR) is 149 cm³/mol. The highest BCUT2D eigenvalue weighted by Crippen LogP contribution is 2.45. The minimum absolute atomic E-state index is 0.366. The number of aromatic amines is 1. The molecule has 3 aromatic carbocycles. The number of benzene rings is 3. The van der Waals surface area contributed by atoms with Gasteiger partial charge in [-0.2, -0.15) is 0 Å². The van der Waals surface area contributed by atoms with Crippen molar-refractivity contribution in [2.45, 2.75) is 20.0 Å². The van der Waals surface area contributed by atoms with E-state index in [4.69, 9.17) is 14.2 Å². The Morgan fingerprint density at radius 3 is 2.50 bits per heavy atom. The highest BCUT2D eigenvalue weighted by Gasteiger charge is 2.37. The zero-order chi connectivity index (χ0) is 26.2. The molecule has 1 N–H and O–H groups in total. The summed E-state index contributed by atoms with van der Waals surface area (Å²) in [5, 5.41) is 1.07. The van der Waals surface area contributed by atoms with Gasteiger partial charge < -0.3 is 19.2 Å². The zero-order valence-corrected chi connectivity index (χ0v) is 22.0. The van der Waals surface area contributed by atoms with Gasteiger partial charge in [-0.15, -0.1) is 0 Å². The van der Waals surface area contributed by atoms with E-state index >= 15 is 0 Å². The van der Waals surface area contributed by atoms with Crippen molar-refractivity contribution in [3.63, 3.8) is 0 Å². The number of aryl methyl sites for hydroxylation is 2. The topological polar surface area (TPSA) is 63.8 Å². The highest BCUT2D eigenvalue weighted by atomic mass is 16.5. The zero-order valence-electron chi connectivity index (χ0n) is 22.0. The summed E-state index contributed by atoms with van der Waals surface area (Å²) in [4.78, 5) is 19.4. The van der Waals surface area contributed by atoms with Gasteiger partial charge in [0.05, 0.1) is 25.9 Å². The number of esters is 1. The number of carbonyl (C=O) groups excluding carboxylic acids is 1. The Bertz CT molecular complexity index is 1530. The lowest BCUT2D eigenvalue weighted by Crippen LogP contribution is -2.45. The molecule has 1 unspecified atom stereocenters. The van der Waals surface area contributed by atoms with Crippen LogP contribution in [0, 0.1) is 13.8 Å². The molecule has 1 saturated heterocycles. The van der Waals surface area contributed by atoms with E-state index in [0.717, 1.165) is 63.3 Å². The molecule has 6 nitrogen and oxygen atoms in total. The van der Waals surface area contributed by atoms with Crippen LogP contribution in [0.1, 0.15) is 22.4 Å². The lowest BCUT2D eigenvalue weighted by Gasteiger charge is -2.35. The van der Waals surface area contributed by atoms with Gasteiger partial charge in [-0.1, -0.05) is 54.1 Å². The van der Waals surface area contributed by atoms with Crippen molar-refractivity contribution >= 4 is 22.4 Å². The molecule has 0 bridgehead atoms. The van der Waals surface area contributed by atoms with E-state index in [9.17, 15) is 4.79 Å². The molecular formula is C32H32N2O4. The van der Waals surface area contributed by atoms with Gasteiger partial charge in [-0.05, 0) is 43.2 Å². The normalized spacial score (nSPS) is 17.8.